The van der Waals surface area contributed by atoms with E-state index in [-0.39, 0.29) is 5.92 Å². The number of hydrogen-bond acceptors (Lipinski definition) is 2. The fraction of sp³-hybridized carbons (Fsp3) is 0.389. The second-order valence-electron chi connectivity index (χ2n) is 5.91. The Balaban J connectivity index is 2.45. The summed E-state index contributed by atoms with van der Waals surface area (Å²) >= 11 is 0. The zero-order valence-electron chi connectivity index (χ0n) is 12.7. The smallest absolute Gasteiger partial charge is 0.328 e. The van der Waals surface area contributed by atoms with Crippen molar-refractivity contribution >= 4 is 12.0 Å². The molecule has 3 nitrogen and oxygen atoms in total. The third-order valence-corrected chi connectivity index (χ3v) is 4.23. The van der Waals surface area contributed by atoms with Crippen molar-refractivity contribution in [3.8, 4) is 0 Å². The number of aryl methyl sites for hydroxylation is 1. The van der Waals surface area contributed by atoms with Gasteiger partial charge < -0.3 is 10.2 Å². The minimum atomic E-state index is -0.955. The maximum absolute atomic E-state index is 10.5. The Morgan fingerprint density at radius 1 is 1.29 bits per heavy atom. The van der Waals surface area contributed by atoms with Crippen molar-refractivity contribution in [1.29, 1.82) is 0 Å². The van der Waals surface area contributed by atoms with Crippen LogP contribution in [0, 0.1) is 12.8 Å². The van der Waals surface area contributed by atoms with Crippen molar-refractivity contribution in [3.05, 3.63) is 52.6 Å². The predicted molar refractivity (Wildman–Crippen MR) is 84.1 cm³/mol. The van der Waals surface area contributed by atoms with Crippen molar-refractivity contribution in [2.45, 2.75) is 39.2 Å². The zero-order valence-corrected chi connectivity index (χ0v) is 12.7. The van der Waals surface area contributed by atoms with Gasteiger partial charge in [0.05, 0.1) is 6.10 Å². The summed E-state index contributed by atoms with van der Waals surface area (Å²) in [7, 11) is 0. The number of fused-ring (bicyclic) bond motifs is 1. The van der Waals surface area contributed by atoms with E-state index in [4.69, 9.17) is 5.11 Å². The molecule has 0 aliphatic heterocycles. The van der Waals surface area contributed by atoms with Gasteiger partial charge in [0.1, 0.15) is 0 Å². The van der Waals surface area contributed by atoms with Gasteiger partial charge in [-0.05, 0) is 47.4 Å². The lowest BCUT2D eigenvalue weighted by Gasteiger charge is -2.33. The third-order valence-electron chi connectivity index (χ3n) is 4.23. The number of rotatable bonds is 3. The van der Waals surface area contributed by atoms with Gasteiger partial charge in [-0.1, -0.05) is 44.2 Å². The van der Waals surface area contributed by atoms with E-state index in [2.05, 4.69) is 13.8 Å². The topological polar surface area (TPSA) is 57.5 Å². The predicted octanol–water partition coefficient (Wildman–Crippen LogP) is 3.83. The molecule has 0 heterocycles. The first-order valence-corrected chi connectivity index (χ1v) is 7.31. The average molecular weight is 286 g/mol. The summed E-state index contributed by atoms with van der Waals surface area (Å²) in [6, 6.07) is 4.04. The van der Waals surface area contributed by atoms with Crippen LogP contribution in [0.5, 0.6) is 0 Å². The molecule has 3 atom stereocenters. The van der Waals surface area contributed by atoms with Gasteiger partial charge in [0.25, 0.3) is 0 Å². The molecule has 2 rings (SSSR count). The highest BCUT2D eigenvalue weighted by atomic mass is 16.4. The number of carboxylic acid groups (broad SMARTS) is 1. The average Bonchev–Trinajstić information content (AvgIpc) is 2.42. The Bertz CT molecular complexity index is 599. The number of allylic oxidation sites excluding steroid dienone is 2. The summed E-state index contributed by atoms with van der Waals surface area (Å²) in [5.41, 5.74) is 4.44. The highest BCUT2D eigenvalue weighted by Crippen LogP contribution is 2.43. The molecule has 112 valence electrons. The minimum Gasteiger partial charge on any atom is -0.478 e. The Morgan fingerprint density at radius 3 is 2.67 bits per heavy atom. The molecule has 3 heteroatoms. The summed E-state index contributed by atoms with van der Waals surface area (Å²) in [4.78, 5) is 10.5. The van der Waals surface area contributed by atoms with E-state index in [1.807, 2.05) is 25.1 Å². The highest BCUT2D eigenvalue weighted by Gasteiger charge is 2.30. The van der Waals surface area contributed by atoms with Gasteiger partial charge in [0.2, 0.25) is 0 Å². The molecule has 2 N–H and O–H groups in total. The van der Waals surface area contributed by atoms with Crippen LogP contribution in [0.2, 0.25) is 0 Å². The molecule has 0 spiro atoms. The van der Waals surface area contributed by atoms with Crippen molar-refractivity contribution in [1.82, 2.24) is 0 Å². The van der Waals surface area contributed by atoms with Crippen molar-refractivity contribution in [3.63, 3.8) is 0 Å². The molecule has 0 amide bonds. The molecular formula is C18H22O3. The maximum Gasteiger partial charge on any atom is 0.328 e. The second-order valence-corrected chi connectivity index (χ2v) is 5.91. The number of aliphatic hydroxyl groups is 1. The lowest BCUT2D eigenvalue weighted by atomic mass is 9.74. The van der Waals surface area contributed by atoms with E-state index in [1.54, 1.807) is 6.08 Å². The molecule has 0 radical (unpaired) electrons. The van der Waals surface area contributed by atoms with Crippen LogP contribution in [-0.2, 0) is 4.79 Å². The van der Waals surface area contributed by atoms with Gasteiger partial charge in [-0.25, -0.2) is 4.79 Å². The molecule has 1 aliphatic rings. The molecule has 0 saturated carbocycles. The molecule has 0 fully saturated rings. The first-order chi connectivity index (χ1) is 9.91. The van der Waals surface area contributed by atoms with E-state index in [0.29, 0.717) is 5.92 Å². The van der Waals surface area contributed by atoms with Gasteiger partial charge in [-0.2, -0.15) is 0 Å². The van der Waals surface area contributed by atoms with Gasteiger partial charge in [-0.15, -0.1) is 0 Å². The largest absolute Gasteiger partial charge is 0.478 e. The Hall–Kier alpha value is -1.87. The van der Waals surface area contributed by atoms with Crippen LogP contribution < -0.4 is 0 Å². The van der Waals surface area contributed by atoms with Gasteiger partial charge >= 0.3 is 5.97 Å². The first-order valence-electron chi connectivity index (χ1n) is 7.31. The van der Waals surface area contributed by atoms with Crippen LogP contribution in [0.1, 0.15) is 54.5 Å². The molecule has 0 unspecified atom stereocenters. The van der Waals surface area contributed by atoms with Gasteiger partial charge in [0.15, 0.2) is 0 Å². The quantitative estimate of drug-likeness (QED) is 0.656. The van der Waals surface area contributed by atoms with Gasteiger partial charge in [-0.3, -0.25) is 0 Å². The van der Waals surface area contributed by atoms with Crippen LogP contribution in [0.4, 0.5) is 0 Å². The van der Waals surface area contributed by atoms with E-state index in [9.17, 15) is 9.90 Å². The van der Waals surface area contributed by atoms with E-state index < -0.39 is 12.1 Å². The number of aliphatic hydroxyl groups excluding tert-OH is 1. The fourth-order valence-corrected chi connectivity index (χ4v) is 3.19. The Labute approximate surface area is 125 Å². The fourth-order valence-electron chi connectivity index (χ4n) is 3.19. The molecule has 0 aromatic heterocycles. The number of carbonyl (C=O) groups is 1. The van der Waals surface area contributed by atoms with E-state index in [0.717, 1.165) is 29.2 Å². The van der Waals surface area contributed by atoms with Crippen LogP contribution in [0.15, 0.2) is 30.4 Å². The van der Waals surface area contributed by atoms with Gasteiger partial charge in [0, 0.05) is 6.08 Å². The first kappa shape index (κ1) is 15.5. The molecule has 0 saturated heterocycles. The maximum atomic E-state index is 10.5. The summed E-state index contributed by atoms with van der Waals surface area (Å²) in [6.45, 7) is 6.30. The lowest BCUT2D eigenvalue weighted by molar-refractivity contribution is -0.131. The second kappa shape index (κ2) is 6.27. The third kappa shape index (κ3) is 3.24. The van der Waals surface area contributed by atoms with Crippen molar-refractivity contribution in [2.24, 2.45) is 5.92 Å². The standard InChI is InChI=1S/C18H22O3/c1-11-8-9-15-17(12(2)10-13(3)18(15)21)14(11)6-4-5-7-16(19)20/h4-9,12-13,18,21H,10H2,1-3H3,(H,19,20)/t12-,13+,18+/m1/s1. The Kier molecular flexibility index (Phi) is 4.63. The Morgan fingerprint density at radius 2 is 2.00 bits per heavy atom. The normalized spacial score (nSPS) is 25.4. The lowest BCUT2D eigenvalue weighted by Crippen LogP contribution is -2.21. The number of aliphatic carboxylic acids is 1. The molecule has 1 aromatic carbocycles. The van der Waals surface area contributed by atoms with Crippen molar-refractivity contribution < 1.29 is 15.0 Å². The molecular weight excluding hydrogens is 264 g/mol. The highest BCUT2D eigenvalue weighted by molar-refractivity contribution is 5.80. The van der Waals surface area contributed by atoms with Crippen molar-refractivity contribution in [2.75, 3.05) is 0 Å². The van der Waals surface area contributed by atoms with Crippen LogP contribution in [0.3, 0.4) is 0 Å². The SMILES string of the molecule is Cc1ccc2c(c1C=CC=CC(=O)O)[C@H](C)C[C@H](C)[C@@H]2O. The minimum absolute atomic E-state index is 0.263. The van der Waals surface area contributed by atoms with Crippen LogP contribution in [-0.4, -0.2) is 16.2 Å². The molecule has 21 heavy (non-hydrogen) atoms. The van der Waals surface area contributed by atoms with E-state index >= 15 is 0 Å². The molecule has 1 aromatic rings. The van der Waals surface area contributed by atoms with Crippen LogP contribution >= 0.6 is 0 Å². The summed E-state index contributed by atoms with van der Waals surface area (Å²) in [6.07, 6.45) is 6.86. The summed E-state index contributed by atoms with van der Waals surface area (Å²) in [5.74, 6) is -0.301. The summed E-state index contributed by atoms with van der Waals surface area (Å²) in [5, 5.41) is 19.0. The molecule has 0 bridgehead atoms. The monoisotopic (exact) mass is 286 g/mol. The summed E-state index contributed by atoms with van der Waals surface area (Å²) < 4.78 is 0. The number of hydrogen-bond donors (Lipinski definition) is 2. The zero-order chi connectivity index (χ0) is 15.6. The van der Waals surface area contributed by atoms with Crippen LogP contribution in [0.25, 0.3) is 6.08 Å². The number of carboxylic acids is 1. The van der Waals surface area contributed by atoms with E-state index in [1.165, 1.54) is 11.6 Å². The molecule has 1 aliphatic carbocycles. The number of benzene rings is 1.